The zero-order chi connectivity index (χ0) is 9.14. The van der Waals surface area contributed by atoms with Crippen molar-refractivity contribution in [2.24, 2.45) is 0 Å². The minimum atomic E-state index is -0.307. The third-order valence-corrected chi connectivity index (χ3v) is 1.55. The maximum absolute atomic E-state index is 13.1. The van der Waals surface area contributed by atoms with Gasteiger partial charge in [0.05, 0.1) is 5.69 Å². The summed E-state index contributed by atoms with van der Waals surface area (Å²) in [7, 11) is 0. The van der Waals surface area contributed by atoms with Crippen LogP contribution in [-0.4, -0.2) is 4.98 Å². The van der Waals surface area contributed by atoms with E-state index in [-0.39, 0.29) is 5.82 Å². The molecule has 0 atom stereocenters. The van der Waals surface area contributed by atoms with E-state index in [2.05, 4.69) is 18.1 Å². The van der Waals surface area contributed by atoms with E-state index < -0.39 is 0 Å². The van der Waals surface area contributed by atoms with Crippen LogP contribution in [0.2, 0.25) is 0 Å². The SMILES string of the molecule is C=Cc1c(F)ccnc1C(=C)C. The Kier molecular flexibility index (Phi) is 2.38. The van der Waals surface area contributed by atoms with E-state index in [4.69, 9.17) is 0 Å². The summed E-state index contributed by atoms with van der Waals surface area (Å²) in [6.45, 7) is 9.00. The van der Waals surface area contributed by atoms with E-state index >= 15 is 0 Å². The van der Waals surface area contributed by atoms with Crippen molar-refractivity contribution < 1.29 is 4.39 Å². The maximum Gasteiger partial charge on any atom is 0.134 e. The molecule has 0 aromatic carbocycles. The lowest BCUT2D eigenvalue weighted by molar-refractivity contribution is 0.622. The predicted molar refractivity (Wildman–Crippen MR) is 49.0 cm³/mol. The summed E-state index contributed by atoms with van der Waals surface area (Å²) < 4.78 is 13.1. The first-order valence-corrected chi connectivity index (χ1v) is 3.59. The second-order valence-electron chi connectivity index (χ2n) is 2.54. The lowest BCUT2D eigenvalue weighted by Gasteiger charge is -2.03. The zero-order valence-corrected chi connectivity index (χ0v) is 6.97. The molecule has 0 amide bonds. The van der Waals surface area contributed by atoms with Crippen LogP contribution in [0.1, 0.15) is 18.2 Å². The van der Waals surface area contributed by atoms with Crippen LogP contribution in [0, 0.1) is 5.82 Å². The Bertz CT molecular complexity index is 329. The standard InChI is InChI=1S/C10H10FN/c1-4-8-9(11)5-6-12-10(8)7(2)3/h4-6H,1-2H2,3H3. The molecule has 1 aromatic rings. The Balaban J connectivity index is 3.37. The second kappa shape index (κ2) is 3.30. The minimum Gasteiger partial charge on any atom is -0.256 e. The van der Waals surface area contributed by atoms with Crippen LogP contribution >= 0.6 is 0 Å². The third-order valence-electron chi connectivity index (χ3n) is 1.55. The molecule has 2 heteroatoms. The Hall–Kier alpha value is -1.44. The van der Waals surface area contributed by atoms with Crippen molar-refractivity contribution in [3.05, 3.63) is 42.5 Å². The number of aromatic nitrogens is 1. The molecule has 0 aliphatic rings. The molecule has 0 spiro atoms. The number of hydrogen-bond donors (Lipinski definition) is 0. The molecule has 0 saturated carbocycles. The second-order valence-corrected chi connectivity index (χ2v) is 2.54. The van der Waals surface area contributed by atoms with E-state index in [0.717, 1.165) is 5.57 Å². The van der Waals surface area contributed by atoms with Crippen LogP contribution in [0.3, 0.4) is 0 Å². The Morgan fingerprint density at radius 1 is 1.67 bits per heavy atom. The van der Waals surface area contributed by atoms with Crippen molar-refractivity contribution in [1.82, 2.24) is 4.98 Å². The average molecular weight is 163 g/mol. The van der Waals surface area contributed by atoms with Crippen molar-refractivity contribution in [2.75, 3.05) is 0 Å². The topological polar surface area (TPSA) is 12.9 Å². The molecule has 0 saturated heterocycles. The van der Waals surface area contributed by atoms with Gasteiger partial charge in [0.25, 0.3) is 0 Å². The van der Waals surface area contributed by atoms with Crippen molar-refractivity contribution in [3.63, 3.8) is 0 Å². The molecule has 0 unspecified atom stereocenters. The molecule has 1 heterocycles. The van der Waals surface area contributed by atoms with E-state index in [1.165, 1.54) is 18.3 Å². The van der Waals surface area contributed by atoms with Crippen molar-refractivity contribution >= 4 is 11.6 Å². The Morgan fingerprint density at radius 3 is 2.75 bits per heavy atom. The third kappa shape index (κ3) is 1.42. The molecule has 12 heavy (non-hydrogen) atoms. The monoisotopic (exact) mass is 163 g/mol. The smallest absolute Gasteiger partial charge is 0.134 e. The van der Waals surface area contributed by atoms with Crippen LogP contribution in [0.5, 0.6) is 0 Å². The molecular formula is C10H10FN. The first-order valence-electron chi connectivity index (χ1n) is 3.59. The van der Waals surface area contributed by atoms with Gasteiger partial charge in [0.1, 0.15) is 5.82 Å². The first-order chi connectivity index (χ1) is 5.66. The molecule has 0 radical (unpaired) electrons. The summed E-state index contributed by atoms with van der Waals surface area (Å²) in [5.41, 5.74) is 1.74. The van der Waals surface area contributed by atoms with E-state index in [0.29, 0.717) is 11.3 Å². The van der Waals surface area contributed by atoms with Gasteiger partial charge in [0, 0.05) is 11.8 Å². The largest absolute Gasteiger partial charge is 0.256 e. The highest BCUT2D eigenvalue weighted by Crippen LogP contribution is 2.18. The highest BCUT2D eigenvalue weighted by Gasteiger charge is 2.05. The first kappa shape index (κ1) is 8.65. The lowest BCUT2D eigenvalue weighted by atomic mass is 10.1. The number of hydrogen-bond acceptors (Lipinski definition) is 1. The summed E-state index contributed by atoms with van der Waals surface area (Å²) in [5, 5.41) is 0. The van der Waals surface area contributed by atoms with E-state index in [1.54, 1.807) is 6.92 Å². The van der Waals surface area contributed by atoms with Gasteiger partial charge in [0.15, 0.2) is 0 Å². The van der Waals surface area contributed by atoms with Crippen LogP contribution in [0.4, 0.5) is 4.39 Å². The molecule has 1 aromatic heterocycles. The normalized spacial score (nSPS) is 9.50. The highest BCUT2D eigenvalue weighted by molar-refractivity contribution is 5.68. The molecular weight excluding hydrogens is 153 g/mol. The van der Waals surface area contributed by atoms with Crippen LogP contribution in [0.15, 0.2) is 25.4 Å². The summed E-state index contributed by atoms with van der Waals surface area (Å²) >= 11 is 0. The summed E-state index contributed by atoms with van der Waals surface area (Å²) in [6.07, 6.45) is 2.87. The minimum absolute atomic E-state index is 0.307. The van der Waals surface area contributed by atoms with Crippen LogP contribution in [0.25, 0.3) is 11.6 Å². The summed E-state index contributed by atoms with van der Waals surface area (Å²) in [6, 6.07) is 1.31. The lowest BCUT2D eigenvalue weighted by Crippen LogP contribution is -1.93. The van der Waals surface area contributed by atoms with Gasteiger partial charge in [-0.2, -0.15) is 0 Å². The van der Waals surface area contributed by atoms with Gasteiger partial charge in [-0.05, 0) is 18.6 Å². The van der Waals surface area contributed by atoms with E-state index in [9.17, 15) is 4.39 Å². The fraction of sp³-hybridized carbons (Fsp3) is 0.100. The van der Waals surface area contributed by atoms with Gasteiger partial charge in [-0.3, -0.25) is 4.98 Å². The molecule has 0 aliphatic carbocycles. The van der Waals surface area contributed by atoms with Crippen molar-refractivity contribution in [2.45, 2.75) is 6.92 Å². The molecule has 1 rings (SSSR count). The highest BCUT2D eigenvalue weighted by atomic mass is 19.1. The van der Waals surface area contributed by atoms with Gasteiger partial charge in [-0.1, -0.05) is 19.2 Å². The Labute approximate surface area is 71.3 Å². The quantitative estimate of drug-likeness (QED) is 0.653. The number of rotatable bonds is 2. The number of allylic oxidation sites excluding steroid dienone is 1. The van der Waals surface area contributed by atoms with Crippen molar-refractivity contribution in [1.29, 1.82) is 0 Å². The predicted octanol–water partition coefficient (Wildman–Crippen LogP) is 2.90. The molecule has 62 valence electrons. The van der Waals surface area contributed by atoms with Crippen molar-refractivity contribution in [3.8, 4) is 0 Å². The average Bonchev–Trinajstić information content (AvgIpc) is 2.03. The van der Waals surface area contributed by atoms with E-state index in [1.807, 2.05) is 0 Å². The molecule has 0 aliphatic heterocycles. The molecule has 0 N–H and O–H groups in total. The molecule has 1 nitrogen and oxygen atoms in total. The van der Waals surface area contributed by atoms with Gasteiger partial charge in [0.2, 0.25) is 0 Å². The zero-order valence-electron chi connectivity index (χ0n) is 6.97. The van der Waals surface area contributed by atoms with Gasteiger partial charge < -0.3 is 0 Å². The fourth-order valence-corrected chi connectivity index (χ4v) is 0.984. The number of pyridine rings is 1. The molecule has 0 fully saturated rings. The summed E-state index contributed by atoms with van der Waals surface area (Å²) in [4.78, 5) is 4.00. The molecule has 0 bridgehead atoms. The van der Waals surface area contributed by atoms with Crippen LogP contribution in [-0.2, 0) is 0 Å². The maximum atomic E-state index is 13.1. The van der Waals surface area contributed by atoms with Crippen LogP contribution < -0.4 is 0 Å². The van der Waals surface area contributed by atoms with Gasteiger partial charge >= 0.3 is 0 Å². The Morgan fingerprint density at radius 2 is 2.33 bits per heavy atom. The number of halogens is 1. The fourth-order valence-electron chi connectivity index (χ4n) is 0.984. The van der Waals surface area contributed by atoms with Gasteiger partial charge in [-0.15, -0.1) is 0 Å². The summed E-state index contributed by atoms with van der Waals surface area (Å²) in [5.74, 6) is -0.307. The van der Waals surface area contributed by atoms with Gasteiger partial charge in [-0.25, -0.2) is 4.39 Å². The number of nitrogens with zero attached hydrogens (tertiary/aromatic N) is 1.